The van der Waals surface area contributed by atoms with Crippen LogP contribution in [0.25, 0.3) is 0 Å². The number of carbonyl (C=O) groups is 2. The number of nitrogens with zero attached hydrogens (tertiary/aromatic N) is 2. The summed E-state index contributed by atoms with van der Waals surface area (Å²) < 4.78 is 4.47. The first-order valence-corrected chi connectivity index (χ1v) is 7.44. The topological polar surface area (TPSA) is 61.9 Å². The molecule has 1 aromatic carbocycles. The second kappa shape index (κ2) is 7.15. The highest BCUT2D eigenvalue weighted by molar-refractivity contribution is 5.82. The lowest BCUT2D eigenvalue weighted by Gasteiger charge is -2.41. The maximum atomic E-state index is 12.2. The van der Waals surface area contributed by atoms with Crippen LogP contribution < -0.4 is 10.2 Å². The molecule has 1 fully saturated rings. The average molecular weight is 305 g/mol. The van der Waals surface area contributed by atoms with Crippen LogP contribution in [0.2, 0.25) is 0 Å². The highest BCUT2D eigenvalue weighted by Gasteiger charge is 2.27. The van der Waals surface area contributed by atoms with Crippen LogP contribution in [0.4, 0.5) is 10.5 Å². The number of aryl methyl sites for hydroxylation is 1. The molecule has 22 heavy (non-hydrogen) atoms. The fourth-order valence-electron chi connectivity index (χ4n) is 2.64. The number of benzene rings is 1. The van der Waals surface area contributed by atoms with Crippen LogP contribution in [0.5, 0.6) is 0 Å². The number of amides is 2. The summed E-state index contributed by atoms with van der Waals surface area (Å²) in [6, 6.07) is 8.51. The summed E-state index contributed by atoms with van der Waals surface area (Å²) in [5.41, 5.74) is 2.41. The maximum absolute atomic E-state index is 12.2. The third kappa shape index (κ3) is 3.90. The molecule has 1 aromatic rings. The van der Waals surface area contributed by atoms with Crippen molar-refractivity contribution in [1.82, 2.24) is 10.2 Å². The summed E-state index contributed by atoms with van der Waals surface area (Å²) in [5, 5.41) is 2.43. The quantitative estimate of drug-likeness (QED) is 0.916. The van der Waals surface area contributed by atoms with Gasteiger partial charge in [0.1, 0.15) is 6.54 Å². The van der Waals surface area contributed by atoms with Crippen molar-refractivity contribution in [2.24, 2.45) is 0 Å². The standard InChI is InChI=1S/C16H23N3O3/c1-12-4-6-14(7-5-12)18-8-9-19(13(2)11-18)15(20)10-17-16(21)22-3/h4-7,13H,8-11H2,1-3H3,(H,17,21)/t13-/m0/s1. The minimum absolute atomic E-state index is 0.0262. The van der Waals surface area contributed by atoms with Crippen molar-refractivity contribution < 1.29 is 14.3 Å². The molecule has 0 radical (unpaired) electrons. The number of rotatable bonds is 3. The van der Waals surface area contributed by atoms with Crippen molar-refractivity contribution in [2.75, 3.05) is 38.2 Å². The van der Waals surface area contributed by atoms with Crippen LogP contribution >= 0.6 is 0 Å². The van der Waals surface area contributed by atoms with Gasteiger partial charge in [-0.25, -0.2) is 4.79 Å². The Morgan fingerprint density at radius 2 is 1.95 bits per heavy atom. The molecule has 1 heterocycles. The number of carbonyl (C=O) groups excluding carboxylic acids is 2. The van der Waals surface area contributed by atoms with E-state index in [1.807, 2.05) is 6.92 Å². The van der Waals surface area contributed by atoms with Gasteiger partial charge in [-0.1, -0.05) is 17.7 Å². The summed E-state index contributed by atoms with van der Waals surface area (Å²) >= 11 is 0. The molecule has 0 aliphatic carbocycles. The molecule has 1 aliphatic heterocycles. The Morgan fingerprint density at radius 1 is 1.27 bits per heavy atom. The van der Waals surface area contributed by atoms with Crippen LogP contribution in [0.3, 0.4) is 0 Å². The zero-order valence-electron chi connectivity index (χ0n) is 13.3. The fraction of sp³-hybridized carbons (Fsp3) is 0.500. The van der Waals surface area contributed by atoms with Crippen LogP contribution in [-0.4, -0.2) is 56.2 Å². The lowest BCUT2D eigenvalue weighted by Crippen LogP contribution is -2.56. The maximum Gasteiger partial charge on any atom is 0.407 e. The Morgan fingerprint density at radius 3 is 2.55 bits per heavy atom. The summed E-state index contributed by atoms with van der Waals surface area (Å²) in [4.78, 5) is 27.3. The molecule has 0 aromatic heterocycles. The molecule has 0 spiro atoms. The summed E-state index contributed by atoms with van der Waals surface area (Å²) in [6.07, 6.45) is -0.584. The van der Waals surface area contributed by atoms with Gasteiger partial charge in [0, 0.05) is 31.4 Å². The van der Waals surface area contributed by atoms with E-state index in [-0.39, 0.29) is 18.5 Å². The van der Waals surface area contributed by atoms with Gasteiger partial charge in [0.25, 0.3) is 0 Å². The van der Waals surface area contributed by atoms with Gasteiger partial charge in [-0.2, -0.15) is 0 Å². The normalized spacial score (nSPS) is 18.0. The van der Waals surface area contributed by atoms with E-state index in [1.54, 1.807) is 4.90 Å². The number of alkyl carbamates (subject to hydrolysis) is 1. The Hall–Kier alpha value is -2.24. The molecule has 2 amide bonds. The van der Waals surface area contributed by atoms with Gasteiger partial charge in [0.05, 0.1) is 7.11 Å². The van der Waals surface area contributed by atoms with Crippen LogP contribution in [0.15, 0.2) is 24.3 Å². The van der Waals surface area contributed by atoms with Crippen molar-refractivity contribution in [3.63, 3.8) is 0 Å². The van der Waals surface area contributed by atoms with E-state index in [1.165, 1.54) is 18.4 Å². The monoisotopic (exact) mass is 305 g/mol. The van der Waals surface area contributed by atoms with E-state index in [2.05, 4.69) is 46.1 Å². The Labute approximate surface area is 131 Å². The van der Waals surface area contributed by atoms with Crippen molar-refractivity contribution >= 4 is 17.7 Å². The SMILES string of the molecule is COC(=O)NCC(=O)N1CCN(c2ccc(C)cc2)C[C@@H]1C. The largest absolute Gasteiger partial charge is 0.453 e. The van der Waals surface area contributed by atoms with E-state index >= 15 is 0 Å². The smallest absolute Gasteiger partial charge is 0.407 e. The number of nitrogens with one attached hydrogen (secondary N) is 1. The number of hydrogen-bond acceptors (Lipinski definition) is 4. The van der Waals surface area contributed by atoms with Gasteiger partial charge in [0.2, 0.25) is 5.91 Å². The molecule has 1 N–H and O–H groups in total. The molecule has 1 atom stereocenters. The summed E-state index contributed by atoms with van der Waals surface area (Å²) in [7, 11) is 1.28. The van der Waals surface area contributed by atoms with Gasteiger partial charge in [-0.05, 0) is 26.0 Å². The van der Waals surface area contributed by atoms with Crippen LogP contribution in [-0.2, 0) is 9.53 Å². The van der Waals surface area contributed by atoms with Gasteiger partial charge in [0.15, 0.2) is 0 Å². The molecular formula is C16H23N3O3. The Kier molecular flexibility index (Phi) is 5.25. The second-order valence-corrected chi connectivity index (χ2v) is 5.56. The Balaban J connectivity index is 1.90. The second-order valence-electron chi connectivity index (χ2n) is 5.56. The Bertz CT molecular complexity index is 530. The third-order valence-corrected chi connectivity index (χ3v) is 3.92. The predicted octanol–water partition coefficient (Wildman–Crippen LogP) is 1.39. The van der Waals surface area contributed by atoms with Crippen molar-refractivity contribution in [2.45, 2.75) is 19.9 Å². The molecule has 0 bridgehead atoms. The third-order valence-electron chi connectivity index (χ3n) is 3.92. The molecule has 6 nitrogen and oxygen atoms in total. The molecule has 120 valence electrons. The lowest BCUT2D eigenvalue weighted by molar-refractivity contribution is -0.132. The van der Waals surface area contributed by atoms with Gasteiger partial charge < -0.3 is 19.9 Å². The van der Waals surface area contributed by atoms with E-state index in [4.69, 9.17) is 0 Å². The van der Waals surface area contributed by atoms with E-state index < -0.39 is 6.09 Å². The molecule has 2 rings (SSSR count). The number of methoxy groups -OCH3 is 1. The van der Waals surface area contributed by atoms with Gasteiger partial charge >= 0.3 is 6.09 Å². The highest BCUT2D eigenvalue weighted by atomic mass is 16.5. The molecular weight excluding hydrogens is 282 g/mol. The first-order valence-electron chi connectivity index (χ1n) is 7.44. The molecule has 0 saturated carbocycles. The summed E-state index contributed by atoms with van der Waals surface area (Å²) in [5.74, 6) is -0.0820. The number of hydrogen-bond donors (Lipinski definition) is 1. The van der Waals surface area contributed by atoms with E-state index in [9.17, 15) is 9.59 Å². The zero-order chi connectivity index (χ0) is 16.1. The van der Waals surface area contributed by atoms with Crippen molar-refractivity contribution in [3.05, 3.63) is 29.8 Å². The molecule has 1 saturated heterocycles. The highest BCUT2D eigenvalue weighted by Crippen LogP contribution is 2.19. The average Bonchev–Trinajstić information content (AvgIpc) is 2.52. The van der Waals surface area contributed by atoms with Gasteiger partial charge in [-0.15, -0.1) is 0 Å². The first kappa shape index (κ1) is 16.1. The predicted molar refractivity (Wildman–Crippen MR) is 85.0 cm³/mol. The first-order chi connectivity index (χ1) is 10.5. The molecule has 1 aliphatic rings. The summed E-state index contributed by atoms with van der Waals surface area (Å²) in [6.45, 7) is 6.29. The molecule has 6 heteroatoms. The zero-order valence-corrected chi connectivity index (χ0v) is 13.3. The number of ether oxygens (including phenoxy) is 1. The van der Waals surface area contributed by atoms with Crippen molar-refractivity contribution in [1.29, 1.82) is 0 Å². The van der Waals surface area contributed by atoms with E-state index in [0.717, 1.165) is 13.1 Å². The molecule has 0 unspecified atom stereocenters. The lowest BCUT2D eigenvalue weighted by atomic mass is 10.1. The van der Waals surface area contributed by atoms with Gasteiger partial charge in [-0.3, -0.25) is 4.79 Å². The van der Waals surface area contributed by atoms with Crippen LogP contribution in [0.1, 0.15) is 12.5 Å². The fourth-order valence-corrected chi connectivity index (χ4v) is 2.64. The van der Waals surface area contributed by atoms with Crippen molar-refractivity contribution in [3.8, 4) is 0 Å². The minimum Gasteiger partial charge on any atom is -0.453 e. The van der Waals surface area contributed by atoms with E-state index in [0.29, 0.717) is 6.54 Å². The number of anilines is 1. The van der Waals surface area contributed by atoms with Crippen LogP contribution in [0, 0.1) is 6.92 Å². The number of piperazine rings is 1. The minimum atomic E-state index is -0.584.